The first-order valence-electron chi connectivity index (χ1n) is 10.4. The van der Waals surface area contributed by atoms with Crippen LogP contribution in [0.25, 0.3) is 0 Å². The van der Waals surface area contributed by atoms with Gasteiger partial charge >= 0.3 is 0 Å². The monoisotopic (exact) mass is 488 g/mol. The van der Waals surface area contributed by atoms with Crippen LogP contribution < -0.4 is 0 Å². The van der Waals surface area contributed by atoms with E-state index in [1.54, 1.807) is 24.3 Å². The van der Waals surface area contributed by atoms with Crippen molar-refractivity contribution in [3.63, 3.8) is 0 Å². The predicted molar refractivity (Wildman–Crippen MR) is 111 cm³/mol. The molecule has 1 aromatic rings. The van der Waals surface area contributed by atoms with Gasteiger partial charge in [-0.05, 0) is 0 Å². The molecule has 0 aromatic heterocycles. The summed E-state index contributed by atoms with van der Waals surface area (Å²) in [6, 6.07) is 6.64. The Bertz CT molecular complexity index is 771. The number of aliphatic hydroxyl groups excluding tert-OH is 8. The van der Waals surface area contributed by atoms with E-state index >= 15 is 0 Å². The number of hydrogen-bond acceptors (Lipinski definition) is 14. The lowest BCUT2D eigenvalue weighted by Crippen LogP contribution is -2.58. The fourth-order valence-corrected chi connectivity index (χ4v) is 3.35. The fourth-order valence-electron chi connectivity index (χ4n) is 3.35. The SMILES string of the molecule is OC[C@H]1O[C@@H](O/N=C\c2ccccc2/C=N/O[C@@H]2O[C@H](CO)[C@@H](O)[C@H](O)[C@H]2O)[C@H](O)[C@@H](O)[C@@H]1O. The zero-order valence-corrected chi connectivity index (χ0v) is 17.8. The molecule has 2 aliphatic heterocycles. The first-order valence-corrected chi connectivity index (χ1v) is 10.4. The first-order chi connectivity index (χ1) is 16.3. The molecule has 190 valence electrons. The molecule has 10 atom stereocenters. The van der Waals surface area contributed by atoms with E-state index in [1.807, 2.05) is 0 Å². The van der Waals surface area contributed by atoms with Crippen LogP contribution in [0.5, 0.6) is 0 Å². The number of oxime groups is 2. The molecular formula is C20H28N2O12. The standard InChI is InChI=1S/C20H28N2O12/c23-7-11-13(25)15(27)17(29)19(31-11)33-21-5-9-3-1-2-4-10(9)6-22-34-20-18(30)16(28)14(26)12(8-24)32-20/h1-6,11-20,23-30H,7-8H2/b21-5-,22-6+/t11-,12-,13-,14-,15+,16+,17-,18-,19+,20+/m1/s1. The van der Waals surface area contributed by atoms with Crippen LogP contribution >= 0.6 is 0 Å². The molecule has 0 radical (unpaired) electrons. The summed E-state index contributed by atoms with van der Waals surface area (Å²) in [5, 5.41) is 84.9. The van der Waals surface area contributed by atoms with Crippen molar-refractivity contribution in [2.45, 2.75) is 61.4 Å². The molecule has 2 fully saturated rings. The Labute approximate surface area is 193 Å². The van der Waals surface area contributed by atoms with Crippen LogP contribution in [0.15, 0.2) is 34.6 Å². The van der Waals surface area contributed by atoms with Crippen LogP contribution in [-0.2, 0) is 19.1 Å². The van der Waals surface area contributed by atoms with Crippen molar-refractivity contribution in [3.8, 4) is 0 Å². The van der Waals surface area contributed by atoms with E-state index in [4.69, 9.17) is 19.1 Å². The summed E-state index contributed by atoms with van der Waals surface area (Å²) in [5.74, 6) is 0. The molecule has 14 nitrogen and oxygen atoms in total. The molecule has 3 rings (SSSR count). The van der Waals surface area contributed by atoms with Crippen LogP contribution in [0.3, 0.4) is 0 Å². The van der Waals surface area contributed by atoms with Gasteiger partial charge in [0.15, 0.2) is 0 Å². The van der Waals surface area contributed by atoms with Gasteiger partial charge in [-0.25, -0.2) is 0 Å². The summed E-state index contributed by atoms with van der Waals surface area (Å²) >= 11 is 0. The summed E-state index contributed by atoms with van der Waals surface area (Å²) in [6.07, 6.45) is -12.2. The number of nitrogens with zero attached hydrogens (tertiary/aromatic N) is 2. The van der Waals surface area contributed by atoms with Gasteiger partial charge < -0.3 is 60.0 Å². The van der Waals surface area contributed by atoms with E-state index in [9.17, 15) is 40.9 Å². The minimum Gasteiger partial charge on any atom is -0.394 e. The second kappa shape index (κ2) is 11.9. The van der Waals surface area contributed by atoms with E-state index in [0.717, 1.165) is 0 Å². The van der Waals surface area contributed by atoms with Gasteiger partial charge in [0.1, 0.15) is 48.8 Å². The van der Waals surface area contributed by atoms with Crippen molar-refractivity contribution >= 4 is 12.4 Å². The van der Waals surface area contributed by atoms with Crippen LogP contribution in [0.4, 0.5) is 0 Å². The normalized spacial score (nSPS) is 38.9. The second-order valence-corrected chi connectivity index (χ2v) is 7.70. The third kappa shape index (κ3) is 5.87. The average molecular weight is 488 g/mol. The molecule has 0 saturated carbocycles. The molecule has 2 heterocycles. The molecule has 0 bridgehead atoms. The minimum absolute atomic E-state index is 0.466. The van der Waals surface area contributed by atoms with Crippen LogP contribution in [-0.4, -0.2) is 128 Å². The number of rotatable bonds is 8. The third-order valence-electron chi connectivity index (χ3n) is 5.41. The largest absolute Gasteiger partial charge is 0.394 e. The van der Waals surface area contributed by atoms with Gasteiger partial charge in [-0.3, -0.25) is 0 Å². The van der Waals surface area contributed by atoms with Gasteiger partial charge in [-0.1, -0.05) is 34.6 Å². The molecule has 1 aromatic carbocycles. The van der Waals surface area contributed by atoms with Gasteiger partial charge in [0.2, 0.25) is 0 Å². The minimum atomic E-state index is -1.61. The van der Waals surface area contributed by atoms with Gasteiger partial charge in [0.05, 0.1) is 25.6 Å². The number of benzene rings is 1. The Hall–Kier alpha value is -2.24. The van der Waals surface area contributed by atoms with E-state index in [-0.39, 0.29) is 0 Å². The summed E-state index contributed by atoms with van der Waals surface area (Å²) in [7, 11) is 0. The summed E-state index contributed by atoms with van der Waals surface area (Å²) in [5.41, 5.74) is 0.932. The molecule has 2 aliphatic rings. The van der Waals surface area contributed by atoms with Gasteiger partial charge in [0, 0.05) is 11.1 Å². The molecule has 2 saturated heterocycles. The smallest absolute Gasteiger partial charge is 0.256 e. The van der Waals surface area contributed by atoms with E-state index < -0.39 is 74.6 Å². The second-order valence-electron chi connectivity index (χ2n) is 7.70. The Morgan fingerprint density at radius 1 is 0.647 bits per heavy atom. The zero-order chi connectivity index (χ0) is 24.8. The van der Waals surface area contributed by atoms with E-state index in [2.05, 4.69) is 10.3 Å². The summed E-state index contributed by atoms with van der Waals surface area (Å²) in [6.45, 7) is -1.22. The van der Waals surface area contributed by atoms with Crippen molar-refractivity contribution in [2.24, 2.45) is 10.3 Å². The maximum absolute atomic E-state index is 9.97. The average Bonchev–Trinajstić information content (AvgIpc) is 2.84. The number of hydrogen-bond donors (Lipinski definition) is 8. The topological polar surface area (TPSA) is 223 Å². The molecule has 0 unspecified atom stereocenters. The van der Waals surface area contributed by atoms with Crippen LogP contribution in [0.2, 0.25) is 0 Å². The fraction of sp³-hybridized carbons (Fsp3) is 0.600. The van der Waals surface area contributed by atoms with Crippen molar-refractivity contribution < 1.29 is 60.0 Å². The highest BCUT2D eigenvalue weighted by atomic mass is 16.8. The number of ether oxygens (including phenoxy) is 2. The highest BCUT2D eigenvalue weighted by Crippen LogP contribution is 2.23. The van der Waals surface area contributed by atoms with Gasteiger partial charge in [0.25, 0.3) is 12.6 Å². The predicted octanol–water partition coefficient (Wildman–Crippen LogP) is -4.01. The summed E-state index contributed by atoms with van der Waals surface area (Å²) in [4.78, 5) is 10.2. The highest BCUT2D eigenvalue weighted by Gasteiger charge is 2.46. The molecule has 0 aliphatic carbocycles. The molecule has 34 heavy (non-hydrogen) atoms. The van der Waals surface area contributed by atoms with Crippen molar-refractivity contribution in [1.29, 1.82) is 0 Å². The Morgan fingerprint density at radius 2 is 1.03 bits per heavy atom. The van der Waals surface area contributed by atoms with E-state index in [1.165, 1.54) is 12.4 Å². The van der Waals surface area contributed by atoms with Crippen molar-refractivity contribution in [1.82, 2.24) is 0 Å². The molecule has 0 amide bonds. The van der Waals surface area contributed by atoms with Gasteiger partial charge in [-0.2, -0.15) is 0 Å². The van der Waals surface area contributed by atoms with Crippen molar-refractivity contribution in [3.05, 3.63) is 35.4 Å². The maximum Gasteiger partial charge on any atom is 0.256 e. The number of aliphatic hydroxyl groups is 8. The van der Waals surface area contributed by atoms with Gasteiger partial charge in [-0.15, -0.1) is 0 Å². The summed E-state index contributed by atoms with van der Waals surface area (Å²) < 4.78 is 10.4. The molecule has 0 spiro atoms. The third-order valence-corrected chi connectivity index (χ3v) is 5.41. The first kappa shape index (κ1) is 26.4. The van der Waals surface area contributed by atoms with Crippen LogP contribution in [0, 0.1) is 0 Å². The molecule has 14 heteroatoms. The van der Waals surface area contributed by atoms with E-state index in [0.29, 0.717) is 11.1 Å². The maximum atomic E-state index is 9.97. The lowest BCUT2D eigenvalue weighted by molar-refractivity contribution is -0.301. The Morgan fingerprint density at radius 3 is 1.38 bits per heavy atom. The quantitative estimate of drug-likeness (QED) is 0.129. The lowest BCUT2D eigenvalue weighted by atomic mass is 9.99. The Kier molecular flexibility index (Phi) is 9.26. The van der Waals surface area contributed by atoms with Crippen molar-refractivity contribution in [2.75, 3.05) is 13.2 Å². The molecule has 8 N–H and O–H groups in total. The zero-order valence-electron chi connectivity index (χ0n) is 17.8. The molecular weight excluding hydrogens is 460 g/mol. The Balaban J connectivity index is 1.62. The highest BCUT2D eigenvalue weighted by molar-refractivity contribution is 5.93. The lowest BCUT2D eigenvalue weighted by Gasteiger charge is -2.38. The van der Waals surface area contributed by atoms with Crippen LogP contribution in [0.1, 0.15) is 11.1 Å².